The molecule has 0 fully saturated rings. The second kappa shape index (κ2) is 17.3. The predicted molar refractivity (Wildman–Crippen MR) is 119 cm³/mol. The lowest BCUT2D eigenvalue weighted by molar-refractivity contribution is -0.703. The lowest BCUT2D eigenvalue weighted by atomic mass is 10.1. The van der Waals surface area contributed by atoms with Gasteiger partial charge in [0.2, 0.25) is 0 Å². The van der Waals surface area contributed by atoms with E-state index in [0.29, 0.717) is 0 Å². The van der Waals surface area contributed by atoms with E-state index in [4.69, 9.17) is 0 Å². The lowest BCUT2D eigenvalue weighted by Crippen LogP contribution is -2.37. The van der Waals surface area contributed by atoms with Crippen LogP contribution in [0.1, 0.15) is 129 Å². The zero-order chi connectivity index (χ0) is 19.6. The van der Waals surface area contributed by atoms with Gasteiger partial charge in [0.15, 0.2) is 0 Å². The summed E-state index contributed by atoms with van der Waals surface area (Å²) in [5.74, 6) is 1.57. The molecule has 1 heterocycles. The number of aryl methyl sites for hydroxylation is 2. The molecule has 2 nitrogen and oxygen atoms in total. The van der Waals surface area contributed by atoms with Gasteiger partial charge in [-0.25, -0.2) is 9.13 Å². The molecule has 0 aromatic carbocycles. The smallest absolute Gasteiger partial charge is 0.234 e. The average Bonchev–Trinajstić information content (AvgIpc) is 3.05. The first-order chi connectivity index (χ1) is 13.3. The third-order valence-electron chi connectivity index (χ3n) is 5.81. The van der Waals surface area contributed by atoms with Crippen LogP contribution >= 0.6 is 0 Å². The summed E-state index contributed by atoms with van der Waals surface area (Å²) in [4.78, 5) is 0. The van der Waals surface area contributed by atoms with E-state index in [-0.39, 0.29) is 0 Å². The zero-order valence-electron chi connectivity index (χ0n) is 19.0. The second-order valence-corrected chi connectivity index (χ2v) is 8.45. The van der Waals surface area contributed by atoms with Crippen molar-refractivity contribution in [2.75, 3.05) is 0 Å². The van der Waals surface area contributed by atoms with Crippen LogP contribution in [0, 0.1) is 0 Å². The Hall–Kier alpha value is -0.790. The second-order valence-electron chi connectivity index (χ2n) is 8.45. The van der Waals surface area contributed by atoms with Gasteiger partial charge in [0.05, 0.1) is 13.1 Å². The third kappa shape index (κ3) is 11.6. The summed E-state index contributed by atoms with van der Waals surface area (Å²) in [6, 6.07) is 0. The van der Waals surface area contributed by atoms with Gasteiger partial charge >= 0.3 is 0 Å². The minimum atomic E-state index is 1.17. The summed E-state index contributed by atoms with van der Waals surface area (Å²) in [7, 11) is 0. The molecule has 0 amide bonds. The Morgan fingerprint density at radius 1 is 0.630 bits per heavy atom. The highest BCUT2D eigenvalue weighted by atomic mass is 15.1. The van der Waals surface area contributed by atoms with Gasteiger partial charge in [-0.3, -0.25) is 0 Å². The fraction of sp³-hybridized carbons (Fsp3) is 0.880. The first-order valence-electron chi connectivity index (χ1n) is 12.4. The van der Waals surface area contributed by atoms with Crippen molar-refractivity contribution < 1.29 is 4.57 Å². The van der Waals surface area contributed by atoms with Crippen LogP contribution in [0.25, 0.3) is 0 Å². The van der Waals surface area contributed by atoms with E-state index < -0.39 is 0 Å². The number of aromatic nitrogens is 2. The summed E-state index contributed by atoms with van der Waals surface area (Å²) in [5.41, 5.74) is 0. The summed E-state index contributed by atoms with van der Waals surface area (Å²) in [6.45, 7) is 9.28. The predicted octanol–water partition coefficient (Wildman–Crippen LogP) is 7.62. The number of hydrogen-bond acceptors (Lipinski definition) is 0. The third-order valence-corrected chi connectivity index (χ3v) is 5.81. The Morgan fingerprint density at radius 2 is 1.15 bits per heavy atom. The Labute approximate surface area is 170 Å². The maximum absolute atomic E-state index is 2.55. The molecule has 0 unspecified atom stereocenters. The average molecular weight is 378 g/mol. The van der Waals surface area contributed by atoms with Gasteiger partial charge in [-0.05, 0) is 25.7 Å². The highest BCUT2D eigenvalue weighted by molar-refractivity contribution is 4.84. The van der Waals surface area contributed by atoms with E-state index in [0.717, 1.165) is 0 Å². The number of imidazole rings is 1. The van der Waals surface area contributed by atoms with Crippen molar-refractivity contribution in [1.29, 1.82) is 0 Å². The lowest BCUT2D eigenvalue weighted by Gasteiger charge is -2.06. The van der Waals surface area contributed by atoms with Crippen LogP contribution in [-0.2, 0) is 19.5 Å². The molecule has 0 spiro atoms. The van der Waals surface area contributed by atoms with E-state index in [1.807, 2.05) is 0 Å². The van der Waals surface area contributed by atoms with Crippen LogP contribution in [0.15, 0.2) is 12.4 Å². The van der Waals surface area contributed by atoms with Crippen molar-refractivity contribution in [3.05, 3.63) is 18.2 Å². The Balaban J connectivity index is 2.17. The SMILES string of the molecule is CCCCCCCCCCCCCn1cc[n+](CCC)c1CCCCCC. The molecule has 0 aliphatic rings. The standard InChI is InChI=1S/C25H49N2/c1-4-7-9-11-12-13-14-15-16-17-19-22-27-24-23-26(21-6-3)25(27)20-18-10-8-5-2/h23-24H,4-22H2,1-3H3/q+1. The van der Waals surface area contributed by atoms with Gasteiger partial charge < -0.3 is 0 Å². The molecule has 0 radical (unpaired) electrons. The Kier molecular flexibility index (Phi) is 15.6. The van der Waals surface area contributed by atoms with Crippen LogP contribution in [0.4, 0.5) is 0 Å². The fourth-order valence-electron chi connectivity index (χ4n) is 4.09. The first kappa shape index (κ1) is 24.2. The monoisotopic (exact) mass is 377 g/mol. The molecule has 2 heteroatoms. The number of rotatable bonds is 19. The van der Waals surface area contributed by atoms with Crippen molar-refractivity contribution in [2.24, 2.45) is 0 Å². The minimum absolute atomic E-state index is 1.17. The van der Waals surface area contributed by atoms with Gasteiger partial charge in [0.25, 0.3) is 5.82 Å². The number of hydrogen-bond donors (Lipinski definition) is 0. The van der Waals surface area contributed by atoms with Gasteiger partial charge in [0.1, 0.15) is 12.4 Å². The van der Waals surface area contributed by atoms with Crippen LogP contribution < -0.4 is 4.57 Å². The maximum atomic E-state index is 2.55. The van der Waals surface area contributed by atoms with E-state index >= 15 is 0 Å². The van der Waals surface area contributed by atoms with Crippen LogP contribution in [0.3, 0.4) is 0 Å². The minimum Gasteiger partial charge on any atom is -0.234 e. The first-order valence-corrected chi connectivity index (χ1v) is 12.4. The molecule has 1 aromatic heterocycles. The molecule has 0 aliphatic heterocycles. The fourth-order valence-corrected chi connectivity index (χ4v) is 4.09. The number of nitrogens with zero attached hydrogens (tertiary/aromatic N) is 2. The van der Waals surface area contributed by atoms with Gasteiger partial charge in [-0.1, -0.05) is 97.8 Å². The highest BCUT2D eigenvalue weighted by Gasteiger charge is 2.15. The van der Waals surface area contributed by atoms with E-state index in [2.05, 4.69) is 42.3 Å². The molecule has 0 atom stereocenters. The Bertz CT molecular complexity index is 436. The quantitative estimate of drug-likeness (QED) is 0.173. The van der Waals surface area contributed by atoms with Gasteiger partial charge in [-0.15, -0.1) is 0 Å². The van der Waals surface area contributed by atoms with E-state index in [1.54, 1.807) is 5.82 Å². The highest BCUT2D eigenvalue weighted by Crippen LogP contribution is 2.12. The molecule has 0 bridgehead atoms. The van der Waals surface area contributed by atoms with Crippen LogP contribution in [0.5, 0.6) is 0 Å². The van der Waals surface area contributed by atoms with Gasteiger partial charge in [-0.2, -0.15) is 0 Å². The molecule has 1 aromatic rings. The maximum Gasteiger partial charge on any atom is 0.256 e. The van der Waals surface area contributed by atoms with Crippen molar-refractivity contribution in [3.63, 3.8) is 0 Å². The summed E-state index contributed by atoms with van der Waals surface area (Å²) >= 11 is 0. The molecule has 0 N–H and O–H groups in total. The molecule has 0 saturated heterocycles. The molecule has 158 valence electrons. The topological polar surface area (TPSA) is 8.81 Å². The summed E-state index contributed by atoms with van der Waals surface area (Å²) in [6.07, 6.45) is 28.3. The van der Waals surface area contributed by atoms with Crippen molar-refractivity contribution in [3.8, 4) is 0 Å². The van der Waals surface area contributed by atoms with Crippen molar-refractivity contribution in [2.45, 2.75) is 143 Å². The van der Waals surface area contributed by atoms with E-state index in [1.165, 1.54) is 122 Å². The number of unbranched alkanes of at least 4 members (excludes halogenated alkanes) is 13. The molecule has 1 rings (SSSR count). The molecular weight excluding hydrogens is 328 g/mol. The van der Waals surface area contributed by atoms with Crippen molar-refractivity contribution in [1.82, 2.24) is 4.57 Å². The Morgan fingerprint density at radius 3 is 1.70 bits per heavy atom. The van der Waals surface area contributed by atoms with E-state index in [9.17, 15) is 0 Å². The summed E-state index contributed by atoms with van der Waals surface area (Å²) < 4.78 is 5.06. The van der Waals surface area contributed by atoms with Crippen molar-refractivity contribution >= 4 is 0 Å². The van der Waals surface area contributed by atoms with Gasteiger partial charge in [0, 0.05) is 6.42 Å². The molecular formula is C25H49N2+. The van der Waals surface area contributed by atoms with Crippen LogP contribution in [0.2, 0.25) is 0 Å². The largest absolute Gasteiger partial charge is 0.256 e. The van der Waals surface area contributed by atoms with Crippen LogP contribution in [-0.4, -0.2) is 4.57 Å². The normalized spacial score (nSPS) is 11.4. The molecule has 0 aliphatic carbocycles. The molecule has 27 heavy (non-hydrogen) atoms. The zero-order valence-corrected chi connectivity index (χ0v) is 19.0. The molecule has 0 saturated carbocycles. The summed E-state index contributed by atoms with van der Waals surface area (Å²) in [5, 5.41) is 0.